The van der Waals surface area contributed by atoms with E-state index in [0.29, 0.717) is 0 Å². The number of ether oxygens (including phenoxy) is 1. The van der Waals surface area contributed by atoms with Gasteiger partial charge in [0.2, 0.25) is 0 Å². The molecule has 0 fully saturated rings. The van der Waals surface area contributed by atoms with Crippen LogP contribution in [-0.4, -0.2) is 13.1 Å². The average molecular weight is 242 g/mol. The molecule has 0 saturated heterocycles. The van der Waals surface area contributed by atoms with Crippen molar-refractivity contribution < 1.29 is 9.53 Å². The van der Waals surface area contributed by atoms with Gasteiger partial charge in [0.1, 0.15) is 0 Å². The van der Waals surface area contributed by atoms with Crippen LogP contribution in [0.25, 0.3) is 6.08 Å². The molecule has 0 saturated carbocycles. The van der Waals surface area contributed by atoms with Crippen LogP contribution in [0.5, 0.6) is 0 Å². The van der Waals surface area contributed by atoms with Crippen molar-refractivity contribution in [3.8, 4) is 0 Å². The van der Waals surface area contributed by atoms with Crippen LogP contribution in [-0.2, 0) is 9.53 Å². The molecular formula is C16H18O2. The van der Waals surface area contributed by atoms with Gasteiger partial charge in [0.25, 0.3) is 0 Å². The van der Waals surface area contributed by atoms with E-state index in [-0.39, 0.29) is 5.97 Å². The Balaban J connectivity index is 2.87. The van der Waals surface area contributed by atoms with Gasteiger partial charge in [0.05, 0.1) is 7.11 Å². The molecule has 0 radical (unpaired) electrons. The minimum absolute atomic E-state index is 0.342. The third-order valence-electron chi connectivity index (χ3n) is 2.36. The van der Waals surface area contributed by atoms with Crippen molar-refractivity contribution in [1.29, 1.82) is 0 Å². The molecule has 1 aromatic rings. The molecule has 1 aromatic carbocycles. The van der Waals surface area contributed by atoms with Gasteiger partial charge < -0.3 is 4.74 Å². The number of benzene rings is 1. The van der Waals surface area contributed by atoms with Gasteiger partial charge in [0, 0.05) is 6.08 Å². The fourth-order valence-electron chi connectivity index (χ4n) is 1.43. The minimum atomic E-state index is -0.342. The molecule has 0 aromatic heterocycles. The number of hydrogen-bond acceptors (Lipinski definition) is 2. The van der Waals surface area contributed by atoms with E-state index in [1.165, 1.54) is 13.2 Å². The highest BCUT2D eigenvalue weighted by Crippen LogP contribution is 2.07. The van der Waals surface area contributed by atoms with Crippen molar-refractivity contribution >= 4 is 12.0 Å². The summed E-state index contributed by atoms with van der Waals surface area (Å²) in [5.41, 5.74) is 5.30. The Morgan fingerprint density at radius 3 is 2.61 bits per heavy atom. The number of carbonyl (C=O) groups is 1. The molecule has 0 heterocycles. The van der Waals surface area contributed by atoms with Crippen molar-refractivity contribution in [3.63, 3.8) is 0 Å². The van der Waals surface area contributed by atoms with Crippen LogP contribution in [0, 0.1) is 0 Å². The predicted molar refractivity (Wildman–Crippen MR) is 74.0 cm³/mol. The molecule has 0 N–H and O–H groups in total. The lowest BCUT2D eigenvalue weighted by molar-refractivity contribution is -0.134. The molecule has 0 aliphatic carbocycles. The molecular weight excluding hydrogens is 224 g/mol. The number of rotatable bonds is 5. The summed E-state index contributed by atoms with van der Waals surface area (Å²) in [6.07, 6.45) is 7.01. The summed E-state index contributed by atoms with van der Waals surface area (Å²) >= 11 is 0. The first-order valence-corrected chi connectivity index (χ1v) is 6.03. The monoisotopic (exact) mass is 242 g/mol. The average Bonchev–Trinajstić information content (AvgIpc) is 2.42. The molecule has 0 aliphatic heterocycles. The molecule has 94 valence electrons. The maximum atomic E-state index is 11.0. The highest BCUT2D eigenvalue weighted by molar-refractivity contribution is 5.82. The third-order valence-corrected chi connectivity index (χ3v) is 2.36. The lowest BCUT2D eigenvalue weighted by Crippen LogP contribution is -1.93. The maximum Gasteiger partial charge on any atom is 0.330 e. The minimum Gasteiger partial charge on any atom is -0.466 e. The number of hydrogen-bond donors (Lipinski definition) is 0. The topological polar surface area (TPSA) is 26.3 Å². The van der Waals surface area contributed by atoms with E-state index >= 15 is 0 Å². The second kappa shape index (κ2) is 8.10. The predicted octanol–water partition coefficient (Wildman–Crippen LogP) is 3.75. The Labute approximate surface area is 108 Å². The van der Waals surface area contributed by atoms with E-state index in [0.717, 1.165) is 24.0 Å². The van der Waals surface area contributed by atoms with Gasteiger partial charge in [-0.05, 0) is 29.7 Å². The van der Waals surface area contributed by atoms with Crippen molar-refractivity contribution in [3.05, 3.63) is 59.4 Å². The Morgan fingerprint density at radius 1 is 1.28 bits per heavy atom. The normalized spacial score (nSPS) is 9.89. The third kappa shape index (κ3) is 5.33. The summed E-state index contributed by atoms with van der Waals surface area (Å²) in [6.45, 7) is 2.09. The highest BCUT2D eigenvalue weighted by atomic mass is 16.5. The standard InChI is InChI=1S/C16H18O2/c1-3-7-14(12-13-16(17)18-2)10-11-15-8-5-4-6-9-15/h4-6,8-9,11-13H,3,7H2,1-2H3/b13-12+. The largest absolute Gasteiger partial charge is 0.466 e. The van der Waals surface area contributed by atoms with Gasteiger partial charge in [-0.25, -0.2) is 4.79 Å². The lowest BCUT2D eigenvalue weighted by Gasteiger charge is -1.95. The van der Waals surface area contributed by atoms with Gasteiger partial charge in [-0.2, -0.15) is 0 Å². The first-order valence-electron chi connectivity index (χ1n) is 6.03. The van der Waals surface area contributed by atoms with E-state index in [9.17, 15) is 4.79 Å². The maximum absolute atomic E-state index is 11.0. The Hall–Kier alpha value is -2.05. The van der Waals surface area contributed by atoms with Gasteiger partial charge in [-0.1, -0.05) is 43.7 Å². The van der Waals surface area contributed by atoms with E-state index in [1.807, 2.05) is 36.4 Å². The van der Waals surface area contributed by atoms with E-state index in [4.69, 9.17) is 0 Å². The first kappa shape index (κ1) is 14.0. The molecule has 2 nitrogen and oxygen atoms in total. The zero-order valence-corrected chi connectivity index (χ0v) is 10.8. The molecule has 0 bridgehead atoms. The summed E-state index contributed by atoms with van der Waals surface area (Å²) in [5.74, 6) is -0.342. The van der Waals surface area contributed by atoms with E-state index < -0.39 is 0 Å². The molecule has 0 atom stereocenters. The van der Waals surface area contributed by atoms with E-state index in [2.05, 4.69) is 17.4 Å². The van der Waals surface area contributed by atoms with Crippen LogP contribution in [0.4, 0.5) is 0 Å². The van der Waals surface area contributed by atoms with Gasteiger partial charge in [-0.15, -0.1) is 5.73 Å². The van der Waals surface area contributed by atoms with Gasteiger partial charge in [0.15, 0.2) is 0 Å². The van der Waals surface area contributed by atoms with Crippen LogP contribution in [0.2, 0.25) is 0 Å². The van der Waals surface area contributed by atoms with Gasteiger partial charge in [-0.3, -0.25) is 0 Å². The SMILES string of the molecule is CCCC(=C=Cc1ccccc1)/C=C/C(=O)OC. The molecule has 0 aliphatic rings. The Morgan fingerprint density at radius 2 is 2.00 bits per heavy atom. The van der Waals surface area contributed by atoms with E-state index in [1.54, 1.807) is 6.08 Å². The molecule has 0 unspecified atom stereocenters. The second-order valence-electron chi connectivity index (χ2n) is 3.83. The summed E-state index contributed by atoms with van der Waals surface area (Å²) in [7, 11) is 1.37. The summed E-state index contributed by atoms with van der Waals surface area (Å²) in [5, 5.41) is 0. The second-order valence-corrected chi connectivity index (χ2v) is 3.83. The Bertz CT molecular complexity index is 463. The van der Waals surface area contributed by atoms with Crippen molar-refractivity contribution in [1.82, 2.24) is 0 Å². The van der Waals surface area contributed by atoms with Crippen molar-refractivity contribution in [2.45, 2.75) is 19.8 Å². The fraction of sp³-hybridized carbons (Fsp3) is 0.250. The van der Waals surface area contributed by atoms with Crippen LogP contribution >= 0.6 is 0 Å². The first-order chi connectivity index (χ1) is 8.76. The molecule has 0 amide bonds. The molecule has 18 heavy (non-hydrogen) atoms. The molecule has 1 rings (SSSR count). The number of esters is 1. The van der Waals surface area contributed by atoms with Crippen molar-refractivity contribution in [2.75, 3.05) is 7.11 Å². The quantitative estimate of drug-likeness (QED) is 0.340. The zero-order valence-electron chi connectivity index (χ0n) is 10.8. The van der Waals surface area contributed by atoms with Crippen LogP contribution in [0.3, 0.4) is 0 Å². The van der Waals surface area contributed by atoms with Gasteiger partial charge >= 0.3 is 5.97 Å². The Kier molecular flexibility index (Phi) is 6.31. The van der Waals surface area contributed by atoms with Crippen LogP contribution < -0.4 is 0 Å². The number of methoxy groups -OCH3 is 1. The lowest BCUT2D eigenvalue weighted by atomic mass is 10.1. The number of allylic oxidation sites excluding steroid dienone is 2. The summed E-state index contributed by atoms with van der Waals surface area (Å²) < 4.78 is 4.56. The molecule has 2 heteroatoms. The van der Waals surface area contributed by atoms with Crippen molar-refractivity contribution in [2.24, 2.45) is 0 Å². The van der Waals surface area contributed by atoms with Crippen LogP contribution in [0.15, 0.2) is 53.8 Å². The van der Waals surface area contributed by atoms with Crippen LogP contribution in [0.1, 0.15) is 25.3 Å². The number of carbonyl (C=O) groups excluding carboxylic acids is 1. The summed E-state index contributed by atoms with van der Waals surface area (Å²) in [6, 6.07) is 9.97. The zero-order chi connectivity index (χ0) is 13.2. The smallest absolute Gasteiger partial charge is 0.330 e. The fourth-order valence-corrected chi connectivity index (χ4v) is 1.43. The summed E-state index contributed by atoms with van der Waals surface area (Å²) in [4.78, 5) is 11.0. The molecule has 0 spiro atoms. The highest BCUT2D eigenvalue weighted by Gasteiger charge is 1.93.